The van der Waals surface area contributed by atoms with E-state index in [0.717, 1.165) is 11.1 Å². The minimum atomic E-state index is -1.30. The number of hydrogen-bond acceptors (Lipinski definition) is 9. The zero-order valence-electron chi connectivity index (χ0n) is 19.0. The molecule has 3 rings (SSSR count). The molecule has 2 aromatic carbocycles. The second kappa shape index (κ2) is 12.3. The molecule has 3 N–H and O–H groups in total. The van der Waals surface area contributed by atoms with Gasteiger partial charge in [-0.2, -0.15) is 0 Å². The summed E-state index contributed by atoms with van der Waals surface area (Å²) in [5.41, 5.74) is 1.65. The summed E-state index contributed by atoms with van der Waals surface area (Å²) in [5, 5.41) is 32.5. The molecule has 0 aromatic heterocycles. The topological polar surface area (TPSA) is 116 Å². The van der Waals surface area contributed by atoms with E-state index in [0.29, 0.717) is 11.5 Å². The van der Waals surface area contributed by atoms with E-state index < -0.39 is 36.6 Å². The minimum absolute atomic E-state index is 0.126. The van der Waals surface area contributed by atoms with Gasteiger partial charge in [-0.1, -0.05) is 24.3 Å². The molecule has 0 bridgehead atoms. The smallest absolute Gasteiger partial charge is 0.146 e. The molecule has 1 aliphatic rings. The molecule has 1 saturated carbocycles. The van der Waals surface area contributed by atoms with Crippen LogP contribution >= 0.6 is 0 Å². The van der Waals surface area contributed by atoms with Gasteiger partial charge in [-0.25, -0.2) is 0 Å². The van der Waals surface area contributed by atoms with Gasteiger partial charge in [0.25, 0.3) is 0 Å². The molecule has 0 spiro atoms. The van der Waals surface area contributed by atoms with E-state index in [-0.39, 0.29) is 20.0 Å². The maximum atomic E-state index is 10.9. The summed E-state index contributed by atoms with van der Waals surface area (Å²) in [5.74, 6) is 1.42. The summed E-state index contributed by atoms with van der Waals surface area (Å²) in [6.07, 6.45) is -7.09. The van der Waals surface area contributed by atoms with Gasteiger partial charge in [0.05, 0.1) is 27.4 Å². The van der Waals surface area contributed by atoms with Crippen LogP contribution in [0.15, 0.2) is 48.5 Å². The first-order chi connectivity index (χ1) is 16.0. The van der Waals surface area contributed by atoms with Crippen molar-refractivity contribution in [3.05, 3.63) is 59.7 Å². The Morgan fingerprint density at radius 2 is 0.939 bits per heavy atom. The molecule has 0 aliphatic heterocycles. The standard InChI is InChI=1S/C24H32O9/c1-28-14-33-24-20(26)22(31-12-15-4-8-17(29-2)9-5-15)19(25)23(21(24)27)32-13-16-6-10-18(30-3)11-7-16/h4-11,19-27H,12-14H2,1-3H3/t19?,20-,21+,22+,23-,24?. The zero-order chi connectivity index (χ0) is 23.8. The Kier molecular flexibility index (Phi) is 9.45. The Morgan fingerprint density at radius 3 is 1.27 bits per heavy atom. The Balaban J connectivity index is 1.71. The lowest BCUT2D eigenvalue weighted by Gasteiger charge is -2.45. The van der Waals surface area contributed by atoms with Gasteiger partial charge in [-0.3, -0.25) is 0 Å². The summed E-state index contributed by atoms with van der Waals surface area (Å²) >= 11 is 0. The second-order valence-corrected chi connectivity index (χ2v) is 7.76. The molecular formula is C24H32O9. The Labute approximate surface area is 193 Å². The van der Waals surface area contributed by atoms with Crippen molar-refractivity contribution in [2.45, 2.75) is 49.8 Å². The molecule has 6 atom stereocenters. The molecule has 2 aromatic rings. The average molecular weight is 465 g/mol. The number of ether oxygens (including phenoxy) is 6. The second-order valence-electron chi connectivity index (χ2n) is 7.76. The quantitative estimate of drug-likeness (QED) is 0.423. The molecule has 0 heterocycles. The molecule has 1 aliphatic carbocycles. The molecule has 0 radical (unpaired) electrons. The number of aliphatic hydroxyl groups is 3. The van der Waals surface area contributed by atoms with Crippen molar-refractivity contribution in [3.63, 3.8) is 0 Å². The van der Waals surface area contributed by atoms with Gasteiger partial charge in [0, 0.05) is 7.11 Å². The number of benzene rings is 2. The van der Waals surface area contributed by atoms with E-state index in [9.17, 15) is 15.3 Å². The van der Waals surface area contributed by atoms with E-state index in [4.69, 9.17) is 28.4 Å². The molecule has 1 fully saturated rings. The third-order valence-electron chi connectivity index (χ3n) is 5.60. The van der Waals surface area contributed by atoms with Crippen molar-refractivity contribution >= 4 is 0 Å². The van der Waals surface area contributed by atoms with E-state index in [1.165, 1.54) is 7.11 Å². The fraction of sp³-hybridized carbons (Fsp3) is 0.500. The van der Waals surface area contributed by atoms with Crippen LogP contribution in [0.2, 0.25) is 0 Å². The summed E-state index contributed by atoms with van der Waals surface area (Å²) < 4.78 is 32.5. The van der Waals surface area contributed by atoms with Crippen LogP contribution in [0.4, 0.5) is 0 Å². The van der Waals surface area contributed by atoms with Crippen LogP contribution in [-0.4, -0.2) is 80.1 Å². The molecule has 33 heavy (non-hydrogen) atoms. The summed E-state index contributed by atoms with van der Waals surface area (Å²) in [4.78, 5) is 0. The van der Waals surface area contributed by atoms with E-state index in [1.54, 1.807) is 38.5 Å². The summed E-state index contributed by atoms with van der Waals surface area (Å²) in [6, 6.07) is 14.5. The number of methoxy groups -OCH3 is 3. The molecule has 2 unspecified atom stereocenters. The summed E-state index contributed by atoms with van der Waals surface area (Å²) in [6.45, 7) is 0.105. The maximum Gasteiger partial charge on any atom is 0.146 e. The van der Waals surface area contributed by atoms with Crippen molar-refractivity contribution in [3.8, 4) is 11.5 Å². The lowest BCUT2D eigenvalue weighted by molar-refractivity contribution is -0.270. The summed E-state index contributed by atoms with van der Waals surface area (Å²) in [7, 11) is 4.60. The number of hydrogen-bond donors (Lipinski definition) is 3. The van der Waals surface area contributed by atoms with Crippen LogP contribution in [-0.2, 0) is 32.2 Å². The largest absolute Gasteiger partial charge is 0.497 e. The van der Waals surface area contributed by atoms with Crippen LogP contribution < -0.4 is 9.47 Å². The average Bonchev–Trinajstić information content (AvgIpc) is 2.84. The molecule has 0 amide bonds. The first-order valence-corrected chi connectivity index (χ1v) is 10.6. The van der Waals surface area contributed by atoms with Crippen LogP contribution in [0.5, 0.6) is 11.5 Å². The predicted octanol–water partition coefficient (Wildman–Crippen LogP) is 1.26. The first kappa shape index (κ1) is 25.4. The third-order valence-corrected chi connectivity index (χ3v) is 5.60. The highest BCUT2D eigenvalue weighted by Crippen LogP contribution is 2.30. The lowest BCUT2D eigenvalue weighted by Crippen LogP contribution is -2.65. The highest BCUT2D eigenvalue weighted by molar-refractivity contribution is 5.27. The van der Waals surface area contributed by atoms with E-state index >= 15 is 0 Å². The fourth-order valence-electron chi connectivity index (χ4n) is 3.73. The number of aliphatic hydroxyl groups excluding tert-OH is 3. The van der Waals surface area contributed by atoms with Crippen molar-refractivity contribution in [1.82, 2.24) is 0 Å². The Hall–Kier alpha value is -2.24. The SMILES string of the molecule is COCOC1[C@@H](O)[C@H](OCc2ccc(OC)cc2)C(O)[C@H](OCc2ccc(OC)cc2)[C@H]1O. The Bertz CT molecular complexity index is 761. The van der Waals surface area contributed by atoms with Gasteiger partial charge in [0.1, 0.15) is 54.9 Å². The normalized spacial score (nSPS) is 27.3. The highest BCUT2D eigenvalue weighted by Gasteiger charge is 2.51. The van der Waals surface area contributed by atoms with Crippen molar-refractivity contribution < 1.29 is 43.7 Å². The predicted molar refractivity (Wildman–Crippen MR) is 118 cm³/mol. The minimum Gasteiger partial charge on any atom is -0.497 e. The van der Waals surface area contributed by atoms with Gasteiger partial charge in [0.2, 0.25) is 0 Å². The molecular weight excluding hydrogens is 432 g/mol. The van der Waals surface area contributed by atoms with Crippen molar-refractivity contribution in [2.24, 2.45) is 0 Å². The van der Waals surface area contributed by atoms with Crippen LogP contribution in [0, 0.1) is 0 Å². The van der Waals surface area contributed by atoms with Crippen molar-refractivity contribution in [2.75, 3.05) is 28.1 Å². The van der Waals surface area contributed by atoms with E-state index in [1.807, 2.05) is 24.3 Å². The van der Waals surface area contributed by atoms with Gasteiger partial charge < -0.3 is 43.7 Å². The van der Waals surface area contributed by atoms with Crippen molar-refractivity contribution in [1.29, 1.82) is 0 Å². The molecule has 9 heteroatoms. The van der Waals surface area contributed by atoms with Gasteiger partial charge in [-0.05, 0) is 35.4 Å². The zero-order valence-corrected chi connectivity index (χ0v) is 19.0. The van der Waals surface area contributed by atoms with Crippen LogP contribution in [0.25, 0.3) is 0 Å². The van der Waals surface area contributed by atoms with E-state index in [2.05, 4.69) is 0 Å². The van der Waals surface area contributed by atoms with Crippen LogP contribution in [0.3, 0.4) is 0 Å². The Morgan fingerprint density at radius 1 is 0.576 bits per heavy atom. The fourth-order valence-corrected chi connectivity index (χ4v) is 3.73. The van der Waals surface area contributed by atoms with Gasteiger partial charge >= 0.3 is 0 Å². The number of rotatable bonds is 11. The maximum absolute atomic E-state index is 10.9. The first-order valence-electron chi connectivity index (χ1n) is 10.6. The van der Waals surface area contributed by atoms with Crippen LogP contribution in [0.1, 0.15) is 11.1 Å². The molecule has 0 saturated heterocycles. The lowest BCUT2D eigenvalue weighted by atomic mass is 9.84. The highest BCUT2D eigenvalue weighted by atomic mass is 16.7. The molecule has 182 valence electrons. The monoisotopic (exact) mass is 464 g/mol. The van der Waals surface area contributed by atoms with Gasteiger partial charge in [0.15, 0.2) is 0 Å². The van der Waals surface area contributed by atoms with Gasteiger partial charge in [-0.15, -0.1) is 0 Å². The third kappa shape index (κ3) is 6.42. The molecule has 9 nitrogen and oxygen atoms in total.